The standard InChI is InChI=1S/C14H21N3O/c1-2-6-16-13(3-1)11-17-9-10-18-14(12-17)4-7-15-8-5-14/h1-3,6,15H,4-5,7-12H2. The summed E-state index contributed by atoms with van der Waals surface area (Å²) in [6.07, 6.45) is 4.13. The summed E-state index contributed by atoms with van der Waals surface area (Å²) in [4.78, 5) is 6.89. The van der Waals surface area contributed by atoms with Crippen molar-refractivity contribution in [2.75, 3.05) is 32.8 Å². The molecule has 0 unspecified atom stereocenters. The van der Waals surface area contributed by atoms with E-state index in [4.69, 9.17) is 4.74 Å². The van der Waals surface area contributed by atoms with Crippen LogP contribution in [0, 0.1) is 0 Å². The first-order valence-electron chi connectivity index (χ1n) is 6.83. The van der Waals surface area contributed by atoms with Crippen LogP contribution >= 0.6 is 0 Å². The van der Waals surface area contributed by atoms with Crippen LogP contribution in [0.15, 0.2) is 24.4 Å². The average Bonchev–Trinajstić information content (AvgIpc) is 2.41. The van der Waals surface area contributed by atoms with Gasteiger partial charge in [-0.05, 0) is 38.1 Å². The highest BCUT2D eigenvalue weighted by Crippen LogP contribution is 2.27. The molecule has 1 N–H and O–H groups in total. The third kappa shape index (κ3) is 2.71. The van der Waals surface area contributed by atoms with Crippen molar-refractivity contribution in [2.24, 2.45) is 0 Å². The summed E-state index contributed by atoms with van der Waals surface area (Å²) < 4.78 is 6.07. The first kappa shape index (κ1) is 12.1. The maximum atomic E-state index is 6.07. The minimum atomic E-state index is 0.0955. The molecule has 2 aliphatic heterocycles. The Morgan fingerprint density at radius 3 is 3.00 bits per heavy atom. The highest BCUT2D eigenvalue weighted by Gasteiger charge is 2.37. The maximum Gasteiger partial charge on any atom is 0.0833 e. The zero-order valence-electron chi connectivity index (χ0n) is 10.8. The maximum absolute atomic E-state index is 6.07. The van der Waals surface area contributed by atoms with Gasteiger partial charge < -0.3 is 10.1 Å². The third-order valence-electron chi connectivity index (χ3n) is 3.95. The number of nitrogens with zero attached hydrogens (tertiary/aromatic N) is 2. The number of nitrogens with one attached hydrogen (secondary N) is 1. The fraction of sp³-hybridized carbons (Fsp3) is 0.643. The zero-order valence-corrected chi connectivity index (χ0v) is 10.8. The minimum absolute atomic E-state index is 0.0955. The van der Waals surface area contributed by atoms with Crippen LogP contribution in [0.4, 0.5) is 0 Å². The lowest BCUT2D eigenvalue weighted by Gasteiger charge is -2.45. The summed E-state index contributed by atoms with van der Waals surface area (Å²) >= 11 is 0. The number of morpholine rings is 1. The second kappa shape index (κ2) is 5.34. The van der Waals surface area contributed by atoms with Gasteiger partial charge in [0.1, 0.15) is 0 Å². The number of hydrogen-bond donors (Lipinski definition) is 1. The molecule has 0 aromatic carbocycles. The van der Waals surface area contributed by atoms with E-state index in [9.17, 15) is 0 Å². The van der Waals surface area contributed by atoms with E-state index >= 15 is 0 Å². The number of rotatable bonds is 2. The van der Waals surface area contributed by atoms with Gasteiger partial charge in [-0.3, -0.25) is 9.88 Å². The Morgan fingerprint density at radius 1 is 1.33 bits per heavy atom. The van der Waals surface area contributed by atoms with Gasteiger partial charge in [-0.2, -0.15) is 0 Å². The molecule has 0 saturated carbocycles. The van der Waals surface area contributed by atoms with Crippen molar-refractivity contribution in [1.29, 1.82) is 0 Å². The molecule has 4 heteroatoms. The van der Waals surface area contributed by atoms with E-state index in [2.05, 4.69) is 27.3 Å². The smallest absolute Gasteiger partial charge is 0.0833 e. The molecule has 0 bridgehead atoms. The van der Waals surface area contributed by atoms with Gasteiger partial charge in [-0.15, -0.1) is 0 Å². The summed E-state index contributed by atoms with van der Waals surface area (Å²) in [6, 6.07) is 6.13. The summed E-state index contributed by atoms with van der Waals surface area (Å²) in [5.41, 5.74) is 1.25. The van der Waals surface area contributed by atoms with E-state index in [1.165, 1.54) is 0 Å². The number of aromatic nitrogens is 1. The van der Waals surface area contributed by atoms with Crippen LogP contribution in [0.25, 0.3) is 0 Å². The molecule has 3 heterocycles. The van der Waals surface area contributed by atoms with Gasteiger partial charge in [0, 0.05) is 25.8 Å². The summed E-state index contributed by atoms with van der Waals surface area (Å²) in [5.74, 6) is 0. The molecule has 2 fully saturated rings. The lowest BCUT2D eigenvalue weighted by Crippen LogP contribution is -2.55. The highest BCUT2D eigenvalue weighted by atomic mass is 16.5. The van der Waals surface area contributed by atoms with Gasteiger partial charge in [0.25, 0.3) is 0 Å². The third-order valence-corrected chi connectivity index (χ3v) is 3.95. The van der Waals surface area contributed by atoms with Crippen molar-refractivity contribution in [3.8, 4) is 0 Å². The predicted octanol–water partition coefficient (Wildman–Crippen LogP) is 1.04. The first-order valence-corrected chi connectivity index (χ1v) is 6.83. The van der Waals surface area contributed by atoms with Gasteiger partial charge >= 0.3 is 0 Å². The van der Waals surface area contributed by atoms with Crippen molar-refractivity contribution in [3.63, 3.8) is 0 Å². The van der Waals surface area contributed by atoms with Gasteiger partial charge in [0.2, 0.25) is 0 Å². The number of hydrogen-bond acceptors (Lipinski definition) is 4. The van der Waals surface area contributed by atoms with Crippen LogP contribution in [-0.2, 0) is 11.3 Å². The Morgan fingerprint density at radius 2 is 2.22 bits per heavy atom. The van der Waals surface area contributed by atoms with Crippen molar-refractivity contribution in [3.05, 3.63) is 30.1 Å². The van der Waals surface area contributed by atoms with E-state index < -0.39 is 0 Å². The molecule has 18 heavy (non-hydrogen) atoms. The molecule has 0 atom stereocenters. The molecule has 1 aromatic rings. The van der Waals surface area contributed by atoms with Gasteiger partial charge in [0.15, 0.2) is 0 Å². The molecule has 2 aliphatic rings. The van der Waals surface area contributed by atoms with E-state index in [0.717, 1.165) is 57.9 Å². The predicted molar refractivity (Wildman–Crippen MR) is 70.3 cm³/mol. The quantitative estimate of drug-likeness (QED) is 0.847. The molecule has 3 rings (SSSR count). The molecule has 0 aliphatic carbocycles. The van der Waals surface area contributed by atoms with Gasteiger partial charge in [0.05, 0.1) is 17.9 Å². The Bertz CT molecular complexity index is 370. The Labute approximate surface area is 108 Å². The topological polar surface area (TPSA) is 37.4 Å². The molecular formula is C14H21N3O. The van der Waals surface area contributed by atoms with Gasteiger partial charge in [-0.25, -0.2) is 0 Å². The fourth-order valence-corrected chi connectivity index (χ4v) is 2.96. The second-order valence-corrected chi connectivity index (χ2v) is 5.31. The molecule has 0 amide bonds. The van der Waals surface area contributed by atoms with Gasteiger partial charge in [-0.1, -0.05) is 6.07 Å². The normalized spacial score (nSPS) is 24.2. The molecule has 2 saturated heterocycles. The van der Waals surface area contributed by atoms with Crippen LogP contribution in [0.1, 0.15) is 18.5 Å². The van der Waals surface area contributed by atoms with Crippen LogP contribution < -0.4 is 5.32 Å². The molecular weight excluding hydrogens is 226 g/mol. The highest BCUT2D eigenvalue weighted by molar-refractivity contribution is 5.04. The lowest BCUT2D eigenvalue weighted by molar-refractivity contribution is -0.125. The van der Waals surface area contributed by atoms with E-state index in [1.54, 1.807) is 0 Å². The van der Waals surface area contributed by atoms with E-state index in [0.29, 0.717) is 0 Å². The number of ether oxygens (including phenoxy) is 1. The minimum Gasteiger partial charge on any atom is -0.372 e. The average molecular weight is 247 g/mol. The first-order chi connectivity index (χ1) is 8.86. The largest absolute Gasteiger partial charge is 0.372 e. The number of piperidine rings is 1. The Kier molecular flexibility index (Phi) is 3.59. The number of pyridine rings is 1. The summed E-state index contributed by atoms with van der Waals surface area (Å²) in [5, 5.41) is 3.41. The van der Waals surface area contributed by atoms with E-state index in [-0.39, 0.29) is 5.60 Å². The Balaban J connectivity index is 1.63. The lowest BCUT2D eigenvalue weighted by atomic mass is 9.90. The summed E-state index contributed by atoms with van der Waals surface area (Å²) in [6.45, 7) is 6.03. The molecule has 98 valence electrons. The Hall–Kier alpha value is -0.970. The monoisotopic (exact) mass is 247 g/mol. The van der Waals surface area contributed by atoms with Crippen molar-refractivity contribution in [2.45, 2.75) is 25.0 Å². The zero-order chi connectivity index (χ0) is 12.3. The van der Waals surface area contributed by atoms with Crippen LogP contribution in [0.5, 0.6) is 0 Å². The SMILES string of the molecule is c1ccc(CN2CCOC3(CCNCC3)C2)nc1. The molecule has 1 spiro atoms. The second-order valence-electron chi connectivity index (χ2n) is 5.31. The molecule has 0 radical (unpaired) electrons. The van der Waals surface area contributed by atoms with Crippen LogP contribution in [0.2, 0.25) is 0 Å². The van der Waals surface area contributed by atoms with Crippen molar-refractivity contribution >= 4 is 0 Å². The van der Waals surface area contributed by atoms with Crippen LogP contribution in [0.3, 0.4) is 0 Å². The van der Waals surface area contributed by atoms with Crippen LogP contribution in [-0.4, -0.2) is 48.3 Å². The fourth-order valence-electron chi connectivity index (χ4n) is 2.96. The molecule has 1 aromatic heterocycles. The molecule has 4 nitrogen and oxygen atoms in total. The van der Waals surface area contributed by atoms with Crippen molar-refractivity contribution < 1.29 is 4.74 Å². The summed E-state index contributed by atoms with van der Waals surface area (Å²) in [7, 11) is 0. The van der Waals surface area contributed by atoms with E-state index in [1.807, 2.05) is 12.3 Å². The van der Waals surface area contributed by atoms with Crippen molar-refractivity contribution in [1.82, 2.24) is 15.2 Å².